The molecule has 0 saturated carbocycles. The van der Waals surface area contributed by atoms with E-state index in [0.29, 0.717) is 11.4 Å². The Balaban J connectivity index is 2.04. The molecule has 2 aromatic rings. The Morgan fingerprint density at radius 3 is 2.68 bits per heavy atom. The van der Waals surface area contributed by atoms with Gasteiger partial charge in [-0.1, -0.05) is 6.07 Å². The van der Waals surface area contributed by atoms with E-state index in [0.717, 1.165) is 5.69 Å². The van der Waals surface area contributed by atoms with Gasteiger partial charge < -0.3 is 10.1 Å². The van der Waals surface area contributed by atoms with Crippen molar-refractivity contribution in [2.24, 2.45) is 0 Å². The minimum absolute atomic E-state index is 0.157. The maximum atomic E-state index is 12.0. The monoisotopic (exact) mass is 257 g/mol. The van der Waals surface area contributed by atoms with E-state index in [1.54, 1.807) is 18.3 Å². The largest absolute Gasteiger partial charge is 0.481 e. The van der Waals surface area contributed by atoms with E-state index in [2.05, 4.69) is 15.3 Å². The molecular formula is C14H15N3O2. The molecule has 2 heterocycles. The van der Waals surface area contributed by atoms with Crippen LogP contribution >= 0.6 is 0 Å². The zero-order chi connectivity index (χ0) is 13.7. The molecule has 2 rings (SSSR count). The SMILES string of the molecule is COc1ccc(C(=O)N[C@@H](C)c2ccccn2)cn1. The van der Waals surface area contributed by atoms with Crippen molar-refractivity contribution in [3.63, 3.8) is 0 Å². The second-order valence-electron chi connectivity index (χ2n) is 4.04. The Bertz CT molecular complexity index is 540. The average Bonchev–Trinajstić information content (AvgIpc) is 2.48. The molecule has 2 aromatic heterocycles. The first-order valence-corrected chi connectivity index (χ1v) is 5.92. The van der Waals surface area contributed by atoms with Crippen LogP contribution in [0, 0.1) is 0 Å². The first-order chi connectivity index (χ1) is 9.20. The fraction of sp³-hybridized carbons (Fsp3) is 0.214. The summed E-state index contributed by atoms with van der Waals surface area (Å²) >= 11 is 0. The topological polar surface area (TPSA) is 64.1 Å². The number of hydrogen-bond acceptors (Lipinski definition) is 4. The second kappa shape index (κ2) is 5.95. The van der Waals surface area contributed by atoms with Crippen molar-refractivity contribution in [3.05, 3.63) is 54.0 Å². The quantitative estimate of drug-likeness (QED) is 0.909. The highest BCUT2D eigenvalue weighted by molar-refractivity contribution is 5.94. The molecule has 1 atom stereocenters. The number of carbonyl (C=O) groups excluding carboxylic acids is 1. The van der Waals surface area contributed by atoms with Gasteiger partial charge in [-0.3, -0.25) is 9.78 Å². The lowest BCUT2D eigenvalue weighted by atomic mass is 10.2. The molecule has 19 heavy (non-hydrogen) atoms. The fourth-order valence-electron chi connectivity index (χ4n) is 1.62. The highest BCUT2D eigenvalue weighted by Crippen LogP contribution is 2.11. The standard InChI is InChI=1S/C14H15N3O2/c1-10(12-5-3-4-8-15-12)17-14(18)11-6-7-13(19-2)16-9-11/h3-10H,1-2H3,(H,17,18)/t10-/m0/s1. The van der Waals surface area contributed by atoms with Gasteiger partial charge in [-0.05, 0) is 25.1 Å². The van der Waals surface area contributed by atoms with Crippen LogP contribution in [0.15, 0.2) is 42.7 Å². The highest BCUT2D eigenvalue weighted by Gasteiger charge is 2.12. The number of methoxy groups -OCH3 is 1. The van der Waals surface area contributed by atoms with Crippen LogP contribution in [0.4, 0.5) is 0 Å². The van der Waals surface area contributed by atoms with Gasteiger partial charge in [-0.25, -0.2) is 4.98 Å². The van der Waals surface area contributed by atoms with E-state index in [9.17, 15) is 4.79 Å². The van der Waals surface area contributed by atoms with Crippen LogP contribution in [0.5, 0.6) is 5.88 Å². The number of rotatable bonds is 4. The van der Waals surface area contributed by atoms with Gasteiger partial charge in [0.15, 0.2) is 0 Å². The summed E-state index contributed by atoms with van der Waals surface area (Å²) < 4.78 is 4.95. The summed E-state index contributed by atoms with van der Waals surface area (Å²) in [6.45, 7) is 1.89. The van der Waals surface area contributed by atoms with Gasteiger partial charge in [0, 0.05) is 18.5 Å². The number of carbonyl (C=O) groups is 1. The number of pyridine rings is 2. The molecule has 5 nitrogen and oxygen atoms in total. The van der Waals surface area contributed by atoms with Crippen LogP contribution in [0.25, 0.3) is 0 Å². The summed E-state index contributed by atoms with van der Waals surface area (Å²) in [5.74, 6) is 0.294. The van der Waals surface area contributed by atoms with Gasteiger partial charge >= 0.3 is 0 Å². The van der Waals surface area contributed by atoms with E-state index >= 15 is 0 Å². The van der Waals surface area contributed by atoms with Crippen LogP contribution in [-0.2, 0) is 0 Å². The van der Waals surface area contributed by atoms with Gasteiger partial charge in [0.2, 0.25) is 5.88 Å². The van der Waals surface area contributed by atoms with Gasteiger partial charge in [0.1, 0.15) is 0 Å². The molecule has 0 aliphatic heterocycles. The molecule has 1 N–H and O–H groups in total. The summed E-state index contributed by atoms with van der Waals surface area (Å²) in [6.07, 6.45) is 3.19. The van der Waals surface area contributed by atoms with E-state index in [1.807, 2.05) is 25.1 Å². The molecule has 0 aromatic carbocycles. The molecule has 0 fully saturated rings. The third-order valence-electron chi connectivity index (χ3n) is 2.69. The van der Waals surface area contributed by atoms with Crippen LogP contribution in [0.3, 0.4) is 0 Å². The van der Waals surface area contributed by atoms with Crippen molar-refractivity contribution in [1.29, 1.82) is 0 Å². The minimum atomic E-state index is -0.187. The van der Waals surface area contributed by atoms with Crippen LogP contribution < -0.4 is 10.1 Å². The van der Waals surface area contributed by atoms with E-state index in [4.69, 9.17) is 4.74 Å². The number of aromatic nitrogens is 2. The Labute approximate surface area is 111 Å². The lowest BCUT2D eigenvalue weighted by Crippen LogP contribution is -2.27. The molecule has 0 aliphatic rings. The molecule has 5 heteroatoms. The Morgan fingerprint density at radius 2 is 2.11 bits per heavy atom. The van der Waals surface area contributed by atoms with Crippen molar-refractivity contribution in [2.45, 2.75) is 13.0 Å². The summed E-state index contributed by atoms with van der Waals surface area (Å²) in [5, 5.41) is 2.87. The van der Waals surface area contributed by atoms with Crippen molar-refractivity contribution >= 4 is 5.91 Å². The van der Waals surface area contributed by atoms with Gasteiger partial charge in [-0.2, -0.15) is 0 Å². The summed E-state index contributed by atoms with van der Waals surface area (Å²) in [5.41, 5.74) is 1.31. The number of amides is 1. The second-order valence-corrected chi connectivity index (χ2v) is 4.04. The van der Waals surface area contributed by atoms with Gasteiger partial charge in [0.25, 0.3) is 5.91 Å². The average molecular weight is 257 g/mol. The maximum absolute atomic E-state index is 12.0. The molecule has 0 aliphatic carbocycles. The van der Waals surface area contributed by atoms with Gasteiger partial charge in [-0.15, -0.1) is 0 Å². The zero-order valence-electron chi connectivity index (χ0n) is 10.8. The molecule has 0 spiro atoms. The predicted octanol–water partition coefficient (Wildman–Crippen LogP) is 1.98. The molecule has 1 amide bonds. The van der Waals surface area contributed by atoms with Gasteiger partial charge in [0.05, 0.1) is 24.4 Å². The van der Waals surface area contributed by atoms with Crippen LogP contribution in [-0.4, -0.2) is 23.0 Å². The lowest BCUT2D eigenvalue weighted by molar-refractivity contribution is 0.0938. The molecule has 0 bridgehead atoms. The van der Waals surface area contributed by atoms with Crippen molar-refractivity contribution in [1.82, 2.24) is 15.3 Å². The highest BCUT2D eigenvalue weighted by atomic mass is 16.5. The maximum Gasteiger partial charge on any atom is 0.253 e. The first-order valence-electron chi connectivity index (χ1n) is 5.92. The molecule has 0 saturated heterocycles. The molecule has 0 unspecified atom stereocenters. The smallest absolute Gasteiger partial charge is 0.253 e. The van der Waals surface area contributed by atoms with Crippen molar-refractivity contribution < 1.29 is 9.53 Å². The summed E-state index contributed by atoms with van der Waals surface area (Å²) in [7, 11) is 1.53. The number of nitrogens with one attached hydrogen (secondary N) is 1. The summed E-state index contributed by atoms with van der Waals surface area (Å²) in [4.78, 5) is 20.2. The number of hydrogen-bond donors (Lipinski definition) is 1. The zero-order valence-corrected chi connectivity index (χ0v) is 10.8. The molecular weight excluding hydrogens is 242 g/mol. The fourth-order valence-corrected chi connectivity index (χ4v) is 1.62. The molecule has 98 valence electrons. The van der Waals surface area contributed by atoms with Crippen molar-refractivity contribution in [3.8, 4) is 5.88 Å². The first kappa shape index (κ1) is 13.0. The van der Waals surface area contributed by atoms with Crippen LogP contribution in [0.1, 0.15) is 29.0 Å². The third kappa shape index (κ3) is 3.28. The Hall–Kier alpha value is -2.43. The number of ether oxygens (including phenoxy) is 1. The summed E-state index contributed by atoms with van der Waals surface area (Å²) in [6, 6.07) is 8.77. The number of nitrogens with zero attached hydrogens (tertiary/aromatic N) is 2. The Kier molecular flexibility index (Phi) is 4.07. The normalized spacial score (nSPS) is 11.7. The molecule has 0 radical (unpaired) electrons. The van der Waals surface area contributed by atoms with Crippen molar-refractivity contribution in [2.75, 3.05) is 7.11 Å². The van der Waals surface area contributed by atoms with E-state index in [1.165, 1.54) is 13.3 Å². The van der Waals surface area contributed by atoms with E-state index in [-0.39, 0.29) is 11.9 Å². The third-order valence-corrected chi connectivity index (χ3v) is 2.69. The minimum Gasteiger partial charge on any atom is -0.481 e. The Morgan fingerprint density at radius 1 is 1.26 bits per heavy atom. The van der Waals surface area contributed by atoms with Crippen LogP contribution in [0.2, 0.25) is 0 Å². The van der Waals surface area contributed by atoms with E-state index < -0.39 is 0 Å². The predicted molar refractivity (Wildman–Crippen MR) is 70.9 cm³/mol. The lowest BCUT2D eigenvalue weighted by Gasteiger charge is -2.13.